The number of fused-ring (bicyclic) bond motifs is 1. The summed E-state index contributed by atoms with van der Waals surface area (Å²) in [6.45, 7) is 1.58. The molecule has 3 aliphatic rings. The van der Waals surface area contributed by atoms with Gasteiger partial charge in [-0.05, 0) is 42.9 Å². The Hall–Kier alpha value is -4.34. The Morgan fingerprint density at radius 3 is 2.51 bits per heavy atom. The number of nitrogens with two attached hydrogens (primary N) is 1. The van der Waals surface area contributed by atoms with Crippen LogP contribution in [0.3, 0.4) is 0 Å². The second-order valence-corrected chi connectivity index (χ2v) is 9.67. The topological polar surface area (TPSA) is 131 Å². The second-order valence-electron chi connectivity index (χ2n) is 9.67. The first kappa shape index (κ1) is 23.1. The van der Waals surface area contributed by atoms with Crippen LogP contribution in [-0.4, -0.2) is 41.7 Å². The third-order valence-corrected chi connectivity index (χ3v) is 7.36. The number of nitrogens with one attached hydrogen (secondary N) is 1. The molecule has 2 amide bonds. The van der Waals surface area contributed by atoms with E-state index in [2.05, 4.69) is 34.2 Å². The Bertz CT molecular complexity index is 1410. The molecule has 4 heterocycles. The highest BCUT2D eigenvalue weighted by Gasteiger charge is 2.43. The van der Waals surface area contributed by atoms with E-state index >= 15 is 0 Å². The Morgan fingerprint density at radius 1 is 1.00 bits per heavy atom. The monoisotopic (exact) mass is 501 g/mol. The minimum Gasteiger partial charge on any atom is -0.454 e. The number of ether oxygens (including phenoxy) is 2. The van der Waals surface area contributed by atoms with Gasteiger partial charge < -0.3 is 20.1 Å². The number of aromatic amines is 1. The molecule has 0 spiro atoms. The van der Waals surface area contributed by atoms with E-state index in [0.29, 0.717) is 29.1 Å². The number of benzene rings is 2. The van der Waals surface area contributed by atoms with Crippen LogP contribution in [0, 0.1) is 5.92 Å². The maximum Gasteiger partial charge on any atom is 0.258 e. The number of carbonyl (C=O) groups excluding carboxylic acids is 2. The average molecular weight is 502 g/mol. The zero-order chi connectivity index (χ0) is 25.5. The van der Waals surface area contributed by atoms with Gasteiger partial charge in [-0.15, -0.1) is 0 Å². The van der Waals surface area contributed by atoms with E-state index in [1.807, 2.05) is 11.0 Å². The molecule has 37 heavy (non-hydrogen) atoms. The molecule has 10 heteroatoms. The van der Waals surface area contributed by atoms with Gasteiger partial charge >= 0.3 is 0 Å². The highest BCUT2D eigenvalue weighted by atomic mass is 16.7. The number of nitrogens with zero attached hydrogens (tertiary/aromatic N) is 3. The minimum atomic E-state index is -1.00. The fourth-order valence-corrected chi connectivity index (χ4v) is 5.42. The molecular weight excluding hydrogens is 474 g/mol. The first-order valence-corrected chi connectivity index (χ1v) is 12.4. The van der Waals surface area contributed by atoms with Crippen LogP contribution in [0.5, 0.6) is 11.5 Å². The van der Waals surface area contributed by atoms with Crippen LogP contribution in [0.15, 0.2) is 53.3 Å². The number of hydrogen-bond acceptors (Lipinski definition) is 8. The number of rotatable bonds is 5. The quantitative estimate of drug-likeness (QED) is 0.510. The summed E-state index contributed by atoms with van der Waals surface area (Å²) in [4.78, 5) is 49.6. The lowest BCUT2D eigenvalue weighted by atomic mass is 9.90. The Kier molecular flexibility index (Phi) is 5.78. The average Bonchev–Trinajstić information content (AvgIpc) is 3.48. The largest absolute Gasteiger partial charge is 0.454 e. The molecule has 2 fully saturated rings. The van der Waals surface area contributed by atoms with Gasteiger partial charge in [0, 0.05) is 25.6 Å². The predicted octanol–water partition coefficient (Wildman–Crippen LogP) is 2.59. The fourth-order valence-electron chi connectivity index (χ4n) is 5.42. The molecule has 3 N–H and O–H groups in total. The number of anilines is 3. The van der Waals surface area contributed by atoms with Crippen molar-refractivity contribution in [3.8, 4) is 11.5 Å². The van der Waals surface area contributed by atoms with Gasteiger partial charge in [-0.2, -0.15) is 4.98 Å². The van der Waals surface area contributed by atoms with Crippen molar-refractivity contribution in [3.63, 3.8) is 0 Å². The molecule has 0 bridgehead atoms. The van der Waals surface area contributed by atoms with Crippen molar-refractivity contribution in [3.05, 3.63) is 70.0 Å². The number of amides is 2. The summed E-state index contributed by atoms with van der Waals surface area (Å²) in [6.07, 6.45) is 2.81. The smallest absolute Gasteiger partial charge is 0.258 e. The molecule has 6 rings (SSSR count). The summed E-state index contributed by atoms with van der Waals surface area (Å²) in [5, 5.41) is 0. The molecular formula is C27H27N5O5. The summed E-state index contributed by atoms with van der Waals surface area (Å²) >= 11 is 0. The van der Waals surface area contributed by atoms with E-state index in [-0.39, 0.29) is 24.6 Å². The summed E-state index contributed by atoms with van der Waals surface area (Å²) in [5.41, 5.74) is 7.45. The van der Waals surface area contributed by atoms with Gasteiger partial charge in [0.05, 0.1) is 17.2 Å². The number of hydrogen-bond donors (Lipinski definition) is 2. The van der Waals surface area contributed by atoms with E-state index in [9.17, 15) is 14.4 Å². The van der Waals surface area contributed by atoms with Crippen molar-refractivity contribution in [2.75, 3.05) is 35.4 Å². The van der Waals surface area contributed by atoms with Gasteiger partial charge in [-0.25, -0.2) is 4.90 Å². The van der Waals surface area contributed by atoms with Crippen molar-refractivity contribution < 1.29 is 19.1 Å². The predicted molar refractivity (Wildman–Crippen MR) is 137 cm³/mol. The number of aromatic nitrogens is 2. The maximum absolute atomic E-state index is 13.3. The minimum absolute atomic E-state index is 0.0242. The Labute approximate surface area is 213 Å². The van der Waals surface area contributed by atoms with Crippen LogP contribution < -0.4 is 30.6 Å². The highest BCUT2D eigenvalue weighted by molar-refractivity contribution is 6.23. The lowest BCUT2D eigenvalue weighted by molar-refractivity contribution is -0.121. The molecule has 190 valence electrons. The molecule has 0 saturated carbocycles. The molecule has 3 aliphatic heterocycles. The summed E-state index contributed by atoms with van der Waals surface area (Å²) in [7, 11) is 0. The van der Waals surface area contributed by atoms with Gasteiger partial charge in [-0.1, -0.05) is 30.3 Å². The van der Waals surface area contributed by atoms with E-state index in [1.54, 1.807) is 18.2 Å². The van der Waals surface area contributed by atoms with Crippen molar-refractivity contribution in [1.29, 1.82) is 0 Å². The van der Waals surface area contributed by atoms with Gasteiger partial charge in [0.25, 0.3) is 5.56 Å². The zero-order valence-corrected chi connectivity index (χ0v) is 20.2. The first-order valence-electron chi connectivity index (χ1n) is 12.4. The van der Waals surface area contributed by atoms with Crippen LogP contribution >= 0.6 is 0 Å². The number of H-pyrrole nitrogens is 1. The van der Waals surface area contributed by atoms with Crippen molar-refractivity contribution in [1.82, 2.24) is 9.97 Å². The van der Waals surface area contributed by atoms with Crippen LogP contribution in [0.1, 0.15) is 36.3 Å². The van der Waals surface area contributed by atoms with Crippen LogP contribution in [0.25, 0.3) is 0 Å². The first-order chi connectivity index (χ1) is 18.0. The molecule has 0 aliphatic carbocycles. The molecule has 1 atom stereocenters. The van der Waals surface area contributed by atoms with Crippen LogP contribution in [0.4, 0.5) is 17.5 Å². The second kappa shape index (κ2) is 9.27. The standard InChI is InChI=1S/C27H27N5O5/c28-24-23(19-14-22(33)32(26(19)35)18-6-7-20-21(13-18)37-15-36-20)25(34)30-27(29-24)31-10-8-17(9-11-31)12-16-4-2-1-3-5-16/h1-7,13,17,19H,8-12,14-15H2,(H3,28,29,30,34). The maximum atomic E-state index is 13.3. The molecule has 10 nitrogen and oxygen atoms in total. The van der Waals surface area contributed by atoms with Crippen molar-refractivity contribution in [2.45, 2.75) is 31.6 Å². The SMILES string of the molecule is Nc1nc(N2CCC(Cc3ccccc3)CC2)[nH]c(=O)c1C1CC(=O)N(c2ccc3c(c2)OCO3)C1=O. The molecule has 0 radical (unpaired) electrons. The van der Waals surface area contributed by atoms with Gasteiger partial charge in [-0.3, -0.25) is 19.4 Å². The summed E-state index contributed by atoms with van der Waals surface area (Å²) in [5.74, 6) is -0.000205. The Balaban J connectivity index is 1.18. The van der Waals surface area contributed by atoms with Crippen LogP contribution in [0.2, 0.25) is 0 Å². The fraction of sp³-hybridized carbons (Fsp3) is 0.333. The number of carbonyl (C=O) groups is 2. The molecule has 1 aromatic heterocycles. The van der Waals surface area contributed by atoms with Gasteiger partial charge in [0.15, 0.2) is 11.5 Å². The lowest BCUT2D eigenvalue weighted by Gasteiger charge is -2.32. The number of piperidine rings is 1. The highest BCUT2D eigenvalue weighted by Crippen LogP contribution is 2.39. The van der Waals surface area contributed by atoms with E-state index in [1.165, 1.54) is 5.56 Å². The lowest BCUT2D eigenvalue weighted by Crippen LogP contribution is -2.37. The number of nitrogen functional groups attached to an aromatic ring is 1. The number of imide groups is 1. The van der Waals surface area contributed by atoms with Gasteiger partial charge in [0.2, 0.25) is 24.6 Å². The van der Waals surface area contributed by atoms with Gasteiger partial charge in [0.1, 0.15) is 5.82 Å². The molecule has 2 saturated heterocycles. The molecule has 3 aromatic rings. The summed E-state index contributed by atoms with van der Waals surface area (Å²) < 4.78 is 10.7. The third kappa shape index (κ3) is 4.28. The summed E-state index contributed by atoms with van der Waals surface area (Å²) in [6, 6.07) is 15.3. The van der Waals surface area contributed by atoms with Crippen LogP contribution in [-0.2, 0) is 16.0 Å². The van der Waals surface area contributed by atoms with E-state index in [4.69, 9.17) is 15.2 Å². The van der Waals surface area contributed by atoms with E-state index in [0.717, 1.165) is 37.3 Å². The Morgan fingerprint density at radius 2 is 1.76 bits per heavy atom. The van der Waals surface area contributed by atoms with Crippen molar-refractivity contribution in [2.24, 2.45) is 5.92 Å². The third-order valence-electron chi connectivity index (χ3n) is 7.36. The zero-order valence-electron chi connectivity index (χ0n) is 20.2. The van der Waals surface area contributed by atoms with Crippen molar-refractivity contribution >= 4 is 29.3 Å². The van der Waals surface area contributed by atoms with E-state index < -0.39 is 23.3 Å². The molecule has 2 aromatic carbocycles. The normalized spacial score (nSPS) is 19.6. The molecule has 1 unspecified atom stereocenters.